The van der Waals surface area contributed by atoms with Gasteiger partial charge in [-0.15, -0.1) is 0 Å². The molecule has 4 heteroatoms. The highest BCUT2D eigenvalue weighted by molar-refractivity contribution is 5.36. The second-order valence-corrected chi connectivity index (χ2v) is 6.74. The molecule has 1 saturated carbocycles. The van der Waals surface area contributed by atoms with Gasteiger partial charge in [0.25, 0.3) is 0 Å². The summed E-state index contributed by atoms with van der Waals surface area (Å²) < 4.78 is 0. The minimum absolute atomic E-state index is 0.246. The smallest absolute Gasteiger partial charge is 0.225 e. The van der Waals surface area contributed by atoms with E-state index in [9.17, 15) is 5.11 Å². The number of anilines is 1. The first kappa shape index (κ1) is 14.6. The molecule has 1 aliphatic carbocycles. The van der Waals surface area contributed by atoms with Crippen molar-refractivity contribution in [2.75, 3.05) is 11.4 Å². The molecule has 0 amide bonds. The summed E-state index contributed by atoms with van der Waals surface area (Å²) in [6.45, 7) is 0.802. The van der Waals surface area contributed by atoms with Gasteiger partial charge in [0, 0.05) is 30.9 Å². The van der Waals surface area contributed by atoms with Crippen LogP contribution in [0.2, 0.25) is 0 Å². The van der Waals surface area contributed by atoms with Crippen molar-refractivity contribution in [3.8, 4) is 0 Å². The zero-order valence-electron chi connectivity index (χ0n) is 13.3. The normalized spacial score (nSPS) is 30.7. The minimum atomic E-state index is -0.725. The summed E-state index contributed by atoms with van der Waals surface area (Å²) in [6, 6.07) is 12.4. The van der Waals surface area contributed by atoms with Crippen molar-refractivity contribution in [3.63, 3.8) is 0 Å². The Labute approximate surface area is 137 Å². The monoisotopic (exact) mass is 309 g/mol. The quantitative estimate of drug-likeness (QED) is 0.926. The maximum absolute atomic E-state index is 11.5. The number of hydrogen-bond donors (Lipinski definition) is 1. The molecule has 2 fully saturated rings. The van der Waals surface area contributed by atoms with Crippen LogP contribution in [0.4, 0.5) is 5.95 Å². The van der Waals surface area contributed by atoms with Crippen molar-refractivity contribution in [1.29, 1.82) is 0 Å². The third-order valence-electron chi connectivity index (χ3n) is 5.56. The van der Waals surface area contributed by atoms with E-state index in [4.69, 9.17) is 0 Å². The molecule has 2 heterocycles. The average Bonchev–Trinajstić information content (AvgIpc) is 2.64. The van der Waals surface area contributed by atoms with E-state index in [-0.39, 0.29) is 5.92 Å². The lowest BCUT2D eigenvalue weighted by molar-refractivity contribution is -0.0692. The van der Waals surface area contributed by atoms with Gasteiger partial charge in [-0.05, 0) is 30.9 Å². The first-order valence-electron chi connectivity index (χ1n) is 8.60. The minimum Gasteiger partial charge on any atom is -0.385 e. The summed E-state index contributed by atoms with van der Waals surface area (Å²) in [5.41, 5.74) is 0.336. The zero-order chi connectivity index (χ0) is 15.7. The van der Waals surface area contributed by atoms with E-state index >= 15 is 0 Å². The van der Waals surface area contributed by atoms with E-state index < -0.39 is 5.60 Å². The lowest BCUT2D eigenvalue weighted by atomic mass is 9.66. The number of piperidine rings is 1. The Morgan fingerprint density at radius 3 is 2.52 bits per heavy atom. The van der Waals surface area contributed by atoms with E-state index in [0.29, 0.717) is 6.04 Å². The van der Waals surface area contributed by atoms with Crippen LogP contribution in [0.1, 0.15) is 37.7 Å². The molecular formula is C19H23N3O. The summed E-state index contributed by atoms with van der Waals surface area (Å²) in [4.78, 5) is 11.2. The molecule has 23 heavy (non-hydrogen) atoms. The van der Waals surface area contributed by atoms with Gasteiger partial charge in [-0.3, -0.25) is 0 Å². The van der Waals surface area contributed by atoms with Crippen LogP contribution in [0.5, 0.6) is 0 Å². The number of aromatic nitrogens is 2. The maximum Gasteiger partial charge on any atom is 0.225 e. The van der Waals surface area contributed by atoms with Crippen molar-refractivity contribution >= 4 is 5.95 Å². The maximum atomic E-state index is 11.5. The van der Waals surface area contributed by atoms with Crippen molar-refractivity contribution in [2.45, 2.75) is 43.7 Å². The zero-order valence-corrected chi connectivity index (χ0v) is 13.3. The highest BCUT2D eigenvalue weighted by atomic mass is 16.3. The van der Waals surface area contributed by atoms with Crippen molar-refractivity contribution in [2.24, 2.45) is 5.92 Å². The summed E-state index contributed by atoms with van der Waals surface area (Å²) in [7, 11) is 0. The van der Waals surface area contributed by atoms with Crippen LogP contribution in [0.15, 0.2) is 48.8 Å². The predicted molar refractivity (Wildman–Crippen MR) is 90.1 cm³/mol. The second kappa shape index (κ2) is 5.93. The van der Waals surface area contributed by atoms with Gasteiger partial charge in [0.05, 0.1) is 5.60 Å². The molecule has 120 valence electrons. The molecule has 2 aliphatic rings. The molecule has 1 aromatic heterocycles. The Morgan fingerprint density at radius 2 is 1.74 bits per heavy atom. The lowest BCUT2D eigenvalue weighted by Crippen LogP contribution is -2.58. The summed E-state index contributed by atoms with van der Waals surface area (Å²) in [5, 5.41) is 11.5. The van der Waals surface area contributed by atoms with Gasteiger partial charge in [-0.1, -0.05) is 43.2 Å². The molecule has 4 nitrogen and oxygen atoms in total. The Hall–Kier alpha value is -1.94. The van der Waals surface area contributed by atoms with Gasteiger partial charge in [-0.25, -0.2) is 9.97 Å². The van der Waals surface area contributed by atoms with Crippen molar-refractivity contribution in [1.82, 2.24) is 9.97 Å². The molecule has 4 rings (SSSR count). The van der Waals surface area contributed by atoms with Crippen LogP contribution in [0.3, 0.4) is 0 Å². The molecule has 2 aromatic rings. The second-order valence-electron chi connectivity index (χ2n) is 6.74. The molecule has 1 aromatic carbocycles. The Bertz CT molecular complexity index is 648. The van der Waals surface area contributed by atoms with Gasteiger partial charge in [0.2, 0.25) is 5.95 Å². The van der Waals surface area contributed by atoms with Gasteiger partial charge in [-0.2, -0.15) is 0 Å². The SMILES string of the molecule is O[C@@]1(c2ccccc2)CCN(c2ncccn2)[C@@H]2CCCC[C@@H]21. The number of aliphatic hydroxyl groups is 1. The molecule has 0 bridgehead atoms. The Balaban J connectivity index is 1.69. The largest absolute Gasteiger partial charge is 0.385 e. The average molecular weight is 309 g/mol. The van der Waals surface area contributed by atoms with Crippen LogP contribution in [0.25, 0.3) is 0 Å². The summed E-state index contributed by atoms with van der Waals surface area (Å²) >= 11 is 0. The van der Waals surface area contributed by atoms with E-state index in [2.05, 4.69) is 27.0 Å². The third kappa shape index (κ3) is 2.51. The van der Waals surface area contributed by atoms with E-state index in [1.807, 2.05) is 24.3 Å². The van der Waals surface area contributed by atoms with Crippen molar-refractivity contribution in [3.05, 3.63) is 54.4 Å². The standard InChI is InChI=1S/C19H23N3O/c23-19(15-7-2-1-3-8-15)11-14-22(18-20-12-6-13-21-18)17-10-5-4-9-16(17)19/h1-3,6-8,12-13,16-17,23H,4-5,9-11,14H2/t16-,17+,19+/m0/s1. The molecule has 1 N–H and O–H groups in total. The van der Waals surface area contributed by atoms with E-state index in [1.54, 1.807) is 12.4 Å². The number of hydrogen-bond acceptors (Lipinski definition) is 4. The highest BCUT2D eigenvalue weighted by Gasteiger charge is 2.49. The topological polar surface area (TPSA) is 49.2 Å². The third-order valence-corrected chi connectivity index (χ3v) is 5.56. The van der Waals surface area contributed by atoms with E-state index in [1.165, 1.54) is 12.8 Å². The fourth-order valence-corrected chi connectivity index (χ4v) is 4.46. The fourth-order valence-electron chi connectivity index (χ4n) is 4.46. The first-order chi connectivity index (χ1) is 11.3. The number of rotatable bonds is 2. The molecule has 0 spiro atoms. The molecule has 0 radical (unpaired) electrons. The first-order valence-corrected chi connectivity index (χ1v) is 8.60. The van der Waals surface area contributed by atoms with Crippen LogP contribution in [-0.4, -0.2) is 27.7 Å². The van der Waals surface area contributed by atoms with Gasteiger partial charge in [0.1, 0.15) is 0 Å². The summed E-state index contributed by atoms with van der Waals surface area (Å²) in [6.07, 6.45) is 8.93. The molecule has 0 unspecified atom stereocenters. The van der Waals surface area contributed by atoms with Crippen LogP contribution < -0.4 is 4.90 Å². The van der Waals surface area contributed by atoms with Crippen LogP contribution >= 0.6 is 0 Å². The van der Waals surface area contributed by atoms with E-state index in [0.717, 1.165) is 37.3 Å². The summed E-state index contributed by atoms with van der Waals surface area (Å²) in [5.74, 6) is 1.05. The van der Waals surface area contributed by atoms with Gasteiger partial charge < -0.3 is 10.0 Å². The van der Waals surface area contributed by atoms with Crippen LogP contribution in [0, 0.1) is 5.92 Å². The number of benzene rings is 1. The van der Waals surface area contributed by atoms with Gasteiger partial charge >= 0.3 is 0 Å². The predicted octanol–water partition coefficient (Wildman–Crippen LogP) is 3.13. The lowest BCUT2D eigenvalue weighted by Gasteiger charge is -2.52. The Morgan fingerprint density at radius 1 is 1.00 bits per heavy atom. The number of nitrogens with zero attached hydrogens (tertiary/aromatic N) is 3. The fraction of sp³-hybridized carbons (Fsp3) is 0.474. The number of fused-ring (bicyclic) bond motifs is 1. The van der Waals surface area contributed by atoms with Crippen molar-refractivity contribution < 1.29 is 5.11 Å². The van der Waals surface area contributed by atoms with Gasteiger partial charge in [0.15, 0.2) is 0 Å². The molecular weight excluding hydrogens is 286 g/mol. The molecule has 1 aliphatic heterocycles. The molecule has 3 atom stereocenters. The highest BCUT2D eigenvalue weighted by Crippen LogP contribution is 2.47. The molecule has 1 saturated heterocycles. The Kier molecular flexibility index (Phi) is 3.77. The van der Waals surface area contributed by atoms with Crippen LogP contribution in [-0.2, 0) is 5.60 Å².